The Morgan fingerprint density at radius 1 is 1.14 bits per heavy atom. The number of hydrogen-bond acceptors (Lipinski definition) is 1. The molecule has 2 aromatic carbocycles. The molecule has 0 radical (unpaired) electrons. The Morgan fingerprint density at radius 3 is 2.14 bits per heavy atom. The Hall–Kier alpha value is -2.42. The van der Waals surface area contributed by atoms with Crippen molar-refractivity contribution in [1.29, 1.82) is 0 Å². The summed E-state index contributed by atoms with van der Waals surface area (Å²) in [5.74, 6) is -1.29. The first-order valence-corrected chi connectivity index (χ1v) is 6.79. The van der Waals surface area contributed by atoms with Crippen LogP contribution in [0.1, 0.15) is 36.2 Å². The Morgan fingerprint density at radius 2 is 1.67 bits per heavy atom. The second kappa shape index (κ2) is 8.00. The van der Waals surface area contributed by atoms with Gasteiger partial charge in [-0.15, -0.1) is 0 Å². The zero-order chi connectivity index (χ0) is 15.8. The van der Waals surface area contributed by atoms with E-state index >= 15 is 0 Å². The van der Waals surface area contributed by atoms with Crippen LogP contribution < -0.4 is 0 Å². The number of benzene rings is 2. The highest BCUT2D eigenvalue weighted by molar-refractivity contribution is 5.93. The second-order valence-electron chi connectivity index (χ2n) is 4.53. The summed E-state index contributed by atoms with van der Waals surface area (Å²) in [6.07, 6.45) is 2.75. The third kappa shape index (κ3) is 4.56. The molecule has 0 saturated carbocycles. The maximum absolute atomic E-state index is 12.8. The van der Waals surface area contributed by atoms with Gasteiger partial charge in [-0.1, -0.05) is 51.1 Å². The molecule has 0 aliphatic rings. The smallest absolute Gasteiger partial charge is 0.336 e. The van der Waals surface area contributed by atoms with E-state index < -0.39 is 5.97 Å². The van der Waals surface area contributed by atoms with Crippen LogP contribution in [0.25, 0.3) is 17.2 Å². The standard InChI is InChI=1S/C15H11FO2.C3H8/c1-2-10-9-12(5-8-14(10)15(17)18)11-3-6-13(16)7-4-11;1-3-2/h2-9H,1H2,(H,17,18);3H2,1-2H3. The van der Waals surface area contributed by atoms with Crippen LogP contribution >= 0.6 is 0 Å². The molecule has 2 nitrogen and oxygen atoms in total. The predicted octanol–water partition coefficient (Wildman–Crippen LogP) is 5.25. The van der Waals surface area contributed by atoms with Crippen molar-refractivity contribution in [3.8, 4) is 11.1 Å². The molecule has 0 atom stereocenters. The zero-order valence-electron chi connectivity index (χ0n) is 12.3. The molecule has 0 fully saturated rings. The maximum atomic E-state index is 12.8. The van der Waals surface area contributed by atoms with Crippen molar-refractivity contribution in [3.05, 3.63) is 66.0 Å². The maximum Gasteiger partial charge on any atom is 0.336 e. The molecule has 0 aromatic heterocycles. The molecule has 0 aliphatic heterocycles. The Kier molecular flexibility index (Phi) is 6.34. The summed E-state index contributed by atoms with van der Waals surface area (Å²) in [5, 5.41) is 9.00. The van der Waals surface area contributed by atoms with Crippen molar-refractivity contribution >= 4 is 12.0 Å². The lowest BCUT2D eigenvalue weighted by Gasteiger charge is -2.06. The van der Waals surface area contributed by atoms with E-state index in [1.165, 1.54) is 30.7 Å². The van der Waals surface area contributed by atoms with Crippen molar-refractivity contribution in [1.82, 2.24) is 0 Å². The number of aromatic carboxylic acids is 1. The van der Waals surface area contributed by atoms with E-state index in [0.717, 1.165) is 11.1 Å². The van der Waals surface area contributed by atoms with E-state index in [1.807, 2.05) is 0 Å². The summed E-state index contributed by atoms with van der Waals surface area (Å²) in [6.45, 7) is 7.85. The first-order valence-electron chi connectivity index (χ1n) is 6.79. The van der Waals surface area contributed by atoms with Crippen LogP contribution in [-0.4, -0.2) is 11.1 Å². The minimum absolute atomic E-state index is 0.205. The zero-order valence-corrected chi connectivity index (χ0v) is 12.3. The highest BCUT2D eigenvalue weighted by atomic mass is 19.1. The summed E-state index contributed by atoms with van der Waals surface area (Å²) in [7, 11) is 0. The van der Waals surface area contributed by atoms with Crippen molar-refractivity contribution in [3.63, 3.8) is 0 Å². The fourth-order valence-corrected chi connectivity index (χ4v) is 1.75. The molecule has 0 amide bonds. The van der Waals surface area contributed by atoms with Gasteiger partial charge in [0.25, 0.3) is 0 Å². The molecule has 110 valence electrons. The van der Waals surface area contributed by atoms with Crippen LogP contribution in [0.15, 0.2) is 49.0 Å². The summed E-state index contributed by atoms with van der Waals surface area (Å²) in [4.78, 5) is 11.0. The van der Waals surface area contributed by atoms with Gasteiger partial charge < -0.3 is 5.11 Å². The van der Waals surface area contributed by atoms with E-state index in [-0.39, 0.29) is 11.4 Å². The van der Waals surface area contributed by atoms with Gasteiger partial charge in [0.15, 0.2) is 0 Å². The van der Waals surface area contributed by atoms with Crippen molar-refractivity contribution in [2.75, 3.05) is 0 Å². The molecule has 3 heteroatoms. The predicted molar refractivity (Wildman–Crippen MR) is 84.9 cm³/mol. The first-order chi connectivity index (χ1) is 10.0. The largest absolute Gasteiger partial charge is 0.478 e. The van der Waals surface area contributed by atoms with Gasteiger partial charge in [0.2, 0.25) is 0 Å². The fourth-order valence-electron chi connectivity index (χ4n) is 1.75. The van der Waals surface area contributed by atoms with Gasteiger partial charge in [-0.3, -0.25) is 0 Å². The topological polar surface area (TPSA) is 37.3 Å². The summed E-state index contributed by atoms with van der Waals surface area (Å²) in [5.41, 5.74) is 2.41. The lowest BCUT2D eigenvalue weighted by Crippen LogP contribution is -1.99. The van der Waals surface area contributed by atoms with Gasteiger partial charge in [-0.2, -0.15) is 0 Å². The highest BCUT2D eigenvalue weighted by Gasteiger charge is 2.09. The molecule has 2 rings (SSSR count). The van der Waals surface area contributed by atoms with E-state index in [9.17, 15) is 9.18 Å². The normalized spacial score (nSPS) is 9.48. The fraction of sp³-hybridized carbons (Fsp3) is 0.167. The summed E-state index contributed by atoms with van der Waals surface area (Å²) in [6, 6.07) is 11.0. The second-order valence-corrected chi connectivity index (χ2v) is 4.53. The van der Waals surface area contributed by atoms with E-state index in [1.54, 1.807) is 24.3 Å². The number of carboxylic acids is 1. The highest BCUT2D eigenvalue weighted by Crippen LogP contribution is 2.23. The van der Waals surface area contributed by atoms with Crippen LogP contribution in [0.5, 0.6) is 0 Å². The van der Waals surface area contributed by atoms with Crippen molar-refractivity contribution in [2.24, 2.45) is 0 Å². The van der Waals surface area contributed by atoms with Crippen LogP contribution in [0.4, 0.5) is 4.39 Å². The van der Waals surface area contributed by atoms with E-state index in [0.29, 0.717) is 5.56 Å². The van der Waals surface area contributed by atoms with Crippen LogP contribution in [0.2, 0.25) is 0 Å². The van der Waals surface area contributed by atoms with Gasteiger partial charge in [0, 0.05) is 0 Å². The summed E-state index contributed by atoms with van der Waals surface area (Å²) >= 11 is 0. The molecule has 2 aromatic rings. The number of carboxylic acid groups (broad SMARTS) is 1. The monoisotopic (exact) mass is 286 g/mol. The van der Waals surface area contributed by atoms with Crippen LogP contribution in [0.3, 0.4) is 0 Å². The minimum atomic E-state index is -0.990. The molecule has 0 bridgehead atoms. The lowest BCUT2D eigenvalue weighted by atomic mass is 9.99. The third-order valence-corrected chi connectivity index (χ3v) is 2.68. The SMILES string of the molecule is C=Cc1cc(-c2ccc(F)cc2)ccc1C(=O)O.CCC. The van der Waals surface area contributed by atoms with Gasteiger partial charge >= 0.3 is 5.97 Å². The number of hydrogen-bond donors (Lipinski definition) is 1. The number of halogens is 1. The molecule has 0 unspecified atom stereocenters. The van der Waals surface area contributed by atoms with Crippen LogP contribution in [-0.2, 0) is 0 Å². The van der Waals surface area contributed by atoms with E-state index in [4.69, 9.17) is 5.11 Å². The quantitative estimate of drug-likeness (QED) is 0.836. The molecular weight excluding hydrogens is 267 g/mol. The van der Waals surface area contributed by atoms with Gasteiger partial charge in [0.05, 0.1) is 5.56 Å². The molecule has 0 saturated heterocycles. The number of carbonyl (C=O) groups is 1. The molecule has 0 heterocycles. The Bertz CT molecular complexity index is 616. The van der Waals surface area contributed by atoms with Crippen LogP contribution in [0, 0.1) is 5.82 Å². The minimum Gasteiger partial charge on any atom is -0.478 e. The first kappa shape index (κ1) is 16.6. The van der Waals surface area contributed by atoms with Crippen molar-refractivity contribution < 1.29 is 14.3 Å². The van der Waals surface area contributed by atoms with Gasteiger partial charge in [0.1, 0.15) is 5.82 Å². The average molecular weight is 286 g/mol. The molecular formula is C18H19FO2. The molecule has 0 aliphatic carbocycles. The van der Waals surface area contributed by atoms with Gasteiger partial charge in [-0.25, -0.2) is 9.18 Å². The Balaban J connectivity index is 0.000000677. The number of rotatable bonds is 3. The van der Waals surface area contributed by atoms with Gasteiger partial charge in [-0.05, 0) is 41.0 Å². The third-order valence-electron chi connectivity index (χ3n) is 2.68. The average Bonchev–Trinajstić information content (AvgIpc) is 2.48. The summed E-state index contributed by atoms with van der Waals surface area (Å²) < 4.78 is 12.8. The molecule has 21 heavy (non-hydrogen) atoms. The molecule has 0 spiro atoms. The Labute approximate surface area is 124 Å². The molecule has 1 N–H and O–H groups in total. The lowest BCUT2D eigenvalue weighted by molar-refractivity contribution is 0.0696. The van der Waals surface area contributed by atoms with E-state index in [2.05, 4.69) is 20.4 Å². The van der Waals surface area contributed by atoms with Crippen molar-refractivity contribution in [2.45, 2.75) is 20.3 Å².